The summed E-state index contributed by atoms with van der Waals surface area (Å²) in [5.74, 6) is 0.838. The zero-order valence-corrected chi connectivity index (χ0v) is 10.3. The molecule has 0 aromatic heterocycles. The predicted molar refractivity (Wildman–Crippen MR) is 62.0 cm³/mol. The minimum atomic E-state index is 0.257. The zero-order valence-electron chi connectivity index (χ0n) is 10.3. The SMILES string of the molecule is CC(C)(C)NC[C@@H]1CCN(C2COC2)C1. The number of hydrogen-bond donors (Lipinski definition) is 1. The second kappa shape index (κ2) is 4.40. The summed E-state index contributed by atoms with van der Waals surface area (Å²) in [5.41, 5.74) is 0.257. The Kier molecular flexibility index (Phi) is 3.33. The maximum atomic E-state index is 5.24. The van der Waals surface area contributed by atoms with Crippen LogP contribution in [0.1, 0.15) is 27.2 Å². The third kappa shape index (κ3) is 3.16. The van der Waals surface area contributed by atoms with E-state index in [2.05, 4.69) is 31.0 Å². The van der Waals surface area contributed by atoms with Gasteiger partial charge in [-0.15, -0.1) is 0 Å². The van der Waals surface area contributed by atoms with Crippen molar-refractivity contribution in [1.82, 2.24) is 10.2 Å². The maximum absolute atomic E-state index is 5.24. The first-order chi connectivity index (χ1) is 7.04. The largest absolute Gasteiger partial charge is 0.378 e. The highest BCUT2D eigenvalue weighted by atomic mass is 16.5. The number of nitrogens with one attached hydrogen (secondary N) is 1. The summed E-state index contributed by atoms with van der Waals surface area (Å²) < 4.78 is 5.24. The number of nitrogens with zero attached hydrogens (tertiary/aromatic N) is 1. The van der Waals surface area contributed by atoms with E-state index >= 15 is 0 Å². The van der Waals surface area contributed by atoms with Crippen LogP contribution < -0.4 is 5.32 Å². The van der Waals surface area contributed by atoms with E-state index < -0.39 is 0 Å². The van der Waals surface area contributed by atoms with Crippen LogP contribution in [0.4, 0.5) is 0 Å². The van der Waals surface area contributed by atoms with Crippen LogP contribution in [0.5, 0.6) is 0 Å². The molecule has 1 atom stereocenters. The first-order valence-electron chi connectivity index (χ1n) is 6.11. The Morgan fingerprint density at radius 2 is 2.07 bits per heavy atom. The van der Waals surface area contributed by atoms with Crippen LogP contribution >= 0.6 is 0 Å². The molecule has 3 nitrogen and oxygen atoms in total. The topological polar surface area (TPSA) is 24.5 Å². The molecule has 0 bridgehead atoms. The molecule has 2 aliphatic rings. The Hall–Kier alpha value is -0.120. The van der Waals surface area contributed by atoms with Gasteiger partial charge in [-0.05, 0) is 46.2 Å². The summed E-state index contributed by atoms with van der Waals surface area (Å²) in [7, 11) is 0. The standard InChI is InChI=1S/C12H24N2O/c1-12(2,3)13-6-10-4-5-14(7-10)11-8-15-9-11/h10-11,13H,4-9H2,1-3H3/t10-/m0/s1. The molecule has 1 N–H and O–H groups in total. The first kappa shape index (κ1) is 11.4. The van der Waals surface area contributed by atoms with Crippen molar-refractivity contribution >= 4 is 0 Å². The molecule has 2 saturated heterocycles. The van der Waals surface area contributed by atoms with E-state index in [1.165, 1.54) is 19.5 Å². The Morgan fingerprint density at radius 3 is 2.60 bits per heavy atom. The minimum absolute atomic E-state index is 0.257. The normalized spacial score (nSPS) is 29.4. The van der Waals surface area contributed by atoms with Crippen molar-refractivity contribution < 1.29 is 4.74 Å². The molecule has 2 fully saturated rings. The van der Waals surface area contributed by atoms with E-state index in [-0.39, 0.29) is 5.54 Å². The van der Waals surface area contributed by atoms with E-state index in [9.17, 15) is 0 Å². The molecule has 0 amide bonds. The summed E-state index contributed by atoms with van der Waals surface area (Å²) in [4.78, 5) is 2.60. The van der Waals surface area contributed by atoms with Crippen molar-refractivity contribution in [3.05, 3.63) is 0 Å². The monoisotopic (exact) mass is 212 g/mol. The third-order valence-corrected chi connectivity index (χ3v) is 3.38. The van der Waals surface area contributed by atoms with Crippen LogP contribution in [-0.4, -0.2) is 49.3 Å². The highest BCUT2D eigenvalue weighted by Gasteiger charge is 2.32. The number of likely N-dealkylation sites (tertiary alicyclic amines) is 1. The van der Waals surface area contributed by atoms with E-state index in [0.717, 1.165) is 31.7 Å². The first-order valence-corrected chi connectivity index (χ1v) is 6.11. The molecule has 0 spiro atoms. The molecule has 0 aliphatic carbocycles. The van der Waals surface area contributed by atoms with Crippen molar-refractivity contribution in [2.75, 3.05) is 32.8 Å². The Morgan fingerprint density at radius 1 is 1.33 bits per heavy atom. The van der Waals surface area contributed by atoms with Crippen LogP contribution in [0.3, 0.4) is 0 Å². The second-order valence-electron chi connectivity index (χ2n) is 5.97. The highest BCUT2D eigenvalue weighted by Crippen LogP contribution is 2.21. The minimum Gasteiger partial charge on any atom is -0.378 e. The Bertz CT molecular complexity index is 208. The van der Waals surface area contributed by atoms with Gasteiger partial charge in [-0.25, -0.2) is 0 Å². The third-order valence-electron chi connectivity index (χ3n) is 3.38. The molecule has 2 aliphatic heterocycles. The van der Waals surface area contributed by atoms with Crippen molar-refractivity contribution in [2.24, 2.45) is 5.92 Å². The quantitative estimate of drug-likeness (QED) is 0.758. The van der Waals surface area contributed by atoms with Crippen molar-refractivity contribution in [1.29, 1.82) is 0 Å². The summed E-state index contributed by atoms with van der Waals surface area (Å²) in [6, 6.07) is 0.727. The fraction of sp³-hybridized carbons (Fsp3) is 1.00. The molecule has 88 valence electrons. The van der Waals surface area contributed by atoms with E-state index in [0.29, 0.717) is 0 Å². The molecule has 0 saturated carbocycles. The van der Waals surface area contributed by atoms with Gasteiger partial charge in [0, 0.05) is 12.1 Å². The highest BCUT2D eigenvalue weighted by molar-refractivity contribution is 4.86. The van der Waals surface area contributed by atoms with Crippen LogP contribution in [0.2, 0.25) is 0 Å². The van der Waals surface area contributed by atoms with Gasteiger partial charge in [-0.2, -0.15) is 0 Å². The molecule has 2 rings (SSSR count). The fourth-order valence-electron chi connectivity index (χ4n) is 2.25. The van der Waals surface area contributed by atoms with Gasteiger partial charge in [0.2, 0.25) is 0 Å². The molecule has 0 aromatic carbocycles. The average Bonchev–Trinajstić information content (AvgIpc) is 2.45. The van der Waals surface area contributed by atoms with Gasteiger partial charge >= 0.3 is 0 Å². The summed E-state index contributed by atoms with van der Waals surface area (Å²) in [5, 5.41) is 3.60. The maximum Gasteiger partial charge on any atom is 0.0645 e. The van der Waals surface area contributed by atoms with Crippen LogP contribution in [0.15, 0.2) is 0 Å². The molecular weight excluding hydrogens is 188 g/mol. The van der Waals surface area contributed by atoms with E-state index in [1.807, 2.05) is 0 Å². The lowest BCUT2D eigenvalue weighted by Crippen LogP contribution is -2.48. The molecule has 15 heavy (non-hydrogen) atoms. The lowest BCUT2D eigenvalue weighted by Gasteiger charge is -2.34. The summed E-state index contributed by atoms with van der Waals surface area (Å²) >= 11 is 0. The molecular formula is C12H24N2O. The molecule has 2 heterocycles. The van der Waals surface area contributed by atoms with Crippen LogP contribution in [-0.2, 0) is 4.74 Å². The van der Waals surface area contributed by atoms with Gasteiger partial charge in [0.05, 0.1) is 19.3 Å². The van der Waals surface area contributed by atoms with Gasteiger partial charge in [0.1, 0.15) is 0 Å². The lowest BCUT2D eigenvalue weighted by molar-refractivity contribution is -0.0580. The number of rotatable bonds is 3. The molecule has 0 unspecified atom stereocenters. The predicted octanol–water partition coefficient (Wildman–Crippen LogP) is 1.10. The molecule has 0 aromatic rings. The Labute approximate surface area is 93.2 Å². The van der Waals surface area contributed by atoms with Crippen molar-refractivity contribution in [3.8, 4) is 0 Å². The van der Waals surface area contributed by atoms with Gasteiger partial charge in [0.15, 0.2) is 0 Å². The lowest BCUT2D eigenvalue weighted by atomic mass is 10.1. The van der Waals surface area contributed by atoms with Gasteiger partial charge in [0.25, 0.3) is 0 Å². The summed E-state index contributed by atoms with van der Waals surface area (Å²) in [6.07, 6.45) is 1.35. The van der Waals surface area contributed by atoms with Crippen LogP contribution in [0, 0.1) is 5.92 Å². The number of hydrogen-bond acceptors (Lipinski definition) is 3. The van der Waals surface area contributed by atoms with Gasteiger partial charge in [-0.1, -0.05) is 0 Å². The summed E-state index contributed by atoms with van der Waals surface area (Å²) in [6.45, 7) is 12.3. The second-order valence-corrected chi connectivity index (χ2v) is 5.97. The number of ether oxygens (including phenoxy) is 1. The van der Waals surface area contributed by atoms with Crippen molar-refractivity contribution in [3.63, 3.8) is 0 Å². The van der Waals surface area contributed by atoms with Crippen molar-refractivity contribution in [2.45, 2.75) is 38.8 Å². The molecule has 3 heteroatoms. The van der Waals surface area contributed by atoms with E-state index in [1.54, 1.807) is 0 Å². The fourth-order valence-corrected chi connectivity index (χ4v) is 2.25. The average molecular weight is 212 g/mol. The zero-order chi connectivity index (χ0) is 10.9. The Balaban J connectivity index is 1.68. The van der Waals surface area contributed by atoms with E-state index in [4.69, 9.17) is 4.74 Å². The molecule has 0 radical (unpaired) electrons. The van der Waals surface area contributed by atoms with Crippen LogP contribution in [0.25, 0.3) is 0 Å². The van der Waals surface area contributed by atoms with Gasteiger partial charge < -0.3 is 10.1 Å². The smallest absolute Gasteiger partial charge is 0.0645 e. The van der Waals surface area contributed by atoms with Gasteiger partial charge in [-0.3, -0.25) is 4.90 Å².